The number of halogens is 2. The molecule has 6 nitrogen and oxygen atoms in total. The van der Waals surface area contributed by atoms with E-state index in [-0.39, 0.29) is 5.91 Å². The number of carbonyl (C=O) groups is 1. The van der Waals surface area contributed by atoms with Crippen LogP contribution in [0.3, 0.4) is 0 Å². The van der Waals surface area contributed by atoms with E-state index in [1.54, 1.807) is 25.1 Å². The summed E-state index contributed by atoms with van der Waals surface area (Å²) < 4.78 is 5.33. The minimum Gasteiger partial charge on any atom is -0.369 e. The fourth-order valence-electron chi connectivity index (χ4n) is 4.03. The van der Waals surface area contributed by atoms with Crippen molar-refractivity contribution in [2.45, 2.75) is 20.8 Å². The summed E-state index contributed by atoms with van der Waals surface area (Å²) in [5.74, 6) is 0.0821. The summed E-state index contributed by atoms with van der Waals surface area (Å²) in [7, 11) is 0. The van der Waals surface area contributed by atoms with E-state index in [0.717, 1.165) is 44.0 Å². The molecule has 2 aromatic carbocycles. The summed E-state index contributed by atoms with van der Waals surface area (Å²) in [5.41, 5.74) is 4.03. The van der Waals surface area contributed by atoms with Crippen molar-refractivity contribution in [3.63, 3.8) is 0 Å². The lowest BCUT2D eigenvalue weighted by Crippen LogP contribution is -2.46. The highest BCUT2D eigenvalue weighted by molar-refractivity contribution is 6.39. The molecule has 2 heterocycles. The zero-order valence-corrected chi connectivity index (χ0v) is 19.9. The molecule has 0 saturated carbocycles. The van der Waals surface area contributed by atoms with Gasteiger partial charge in [0.25, 0.3) is 5.91 Å². The average Bonchev–Trinajstić information content (AvgIpc) is 3.16. The summed E-state index contributed by atoms with van der Waals surface area (Å²) in [6, 6.07) is 11.3. The monoisotopic (exact) mass is 472 g/mol. The van der Waals surface area contributed by atoms with E-state index in [2.05, 4.69) is 39.3 Å². The van der Waals surface area contributed by atoms with Gasteiger partial charge in [0.1, 0.15) is 17.0 Å². The number of aryl methyl sites for hydroxylation is 2. The number of likely N-dealkylation sites (N-methyl/N-ethyl adjacent to an activating group) is 1. The Morgan fingerprint density at radius 1 is 1.09 bits per heavy atom. The van der Waals surface area contributed by atoms with Gasteiger partial charge in [-0.05, 0) is 56.3 Å². The van der Waals surface area contributed by atoms with E-state index in [4.69, 9.17) is 27.7 Å². The lowest BCUT2D eigenvalue weighted by Gasteiger charge is -2.35. The summed E-state index contributed by atoms with van der Waals surface area (Å²) >= 11 is 12.7. The van der Waals surface area contributed by atoms with Gasteiger partial charge in [0.2, 0.25) is 0 Å². The Labute approximate surface area is 198 Å². The van der Waals surface area contributed by atoms with Crippen LogP contribution in [0.1, 0.15) is 28.6 Å². The van der Waals surface area contributed by atoms with E-state index in [1.807, 2.05) is 13.0 Å². The number of amides is 1. The first-order valence-corrected chi connectivity index (χ1v) is 11.4. The molecule has 0 radical (unpaired) electrons. The number of benzene rings is 2. The first kappa shape index (κ1) is 22.6. The highest BCUT2D eigenvalue weighted by atomic mass is 35.5. The van der Waals surface area contributed by atoms with Crippen LogP contribution in [0.2, 0.25) is 10.0 Å². The Morgan fingerprint density at radius 3 is 2.41 bits per heavy atom. The number of piperazine rings is 1. The van der Waals surface area contributed by atoms with Gasteiger partial charge < -0.3 is 19.6 Å². The fraction of sp³-hybridized carbons (Fsp3) is 0.333. The van der Waals surface area contributed by atoms with Gasteiger partial charge in [-0.25, -0.2) is 0 Å². The van der Waals surface area contributed by atoms with Crippen molar-refractivity contribution in [1.82, 2.24) is 10.1 Å². The lowest BCUT2D eigenvalue weighted by atomic mass is 10.0. The quantitative estimate of drug-likeness (QED) is 0.518. The van der Waals surface area contributed by atoms with Gasteiger partial charge in [-0.15, -0.1) is 0 Å². The maximum absolute atomic E-state index is 13.2. The molecule has 1 aromatic heterocycles. The van der Waals surface area contributed by atoms with E-state index in [1.165, 1.54) is 5.69 Å². The molecule has 0 bridgehead atoms. The van der Waals surface area contributed by atoms with Crippen LogP contribution in [0.4, 0.5) is 11.4 Å². The van der Waals surface area contributed by atoms with Gasteiger partial charge in [0.05, 0.1) is 10.0 Å². The second kappa shape index (κ2) is 9.53. The number of nitrogens with one attached hydrogen (secondary N) is 1. The number of rotatable bonds is 5. The van der Waals surface area contributed by atoms with Gasteiger partial charge in [-0.1, -0.05) is 41.3 Å². The molecule has 0 aliphatic carbocycles. The topological polar surface area (TPSA) is 61.6 Å². The van der Waals surface area contributed by atoms with Gasteiger partial charge in [-0.2, -0.15) is 0 Å². The molecule has 1 N–H and O–H groups in total. The van der Waals surface area contributed by atoms with Crippen LogP contribution in [0.25, 0.3) is 11.3 Å². The second-order valence-electron chi connectivity index (χ2n) is 7.93. The standard InChI is InChI=1S/C24H26Cl2N4O2/c1-4-29-10-12-30(13-11-29)17-8-9-20(15(2)14-17)27-24(31)21-16(3)32-28-23(21)22-18(25)6-5-7-19(22)26/h5-9,14H,4,10-13H2,1-3H3,(H,27,31). The van der Waals surface area contributed by atoms with Crippen molar-refractivity contribution in [3.05, 3.63) is 63.3 Å². The Hall–Kier alpha value is -2.54. The van der Waals surface area contributed by atoms with Crippen molar-refractivity contribution < 1.29 is 9.32 Å². The Morgan fingerprint density at radius 2 is 1.78 bits per heavy atom. The molecule has 0 spiro atoms. The number of carbonyl (C=O) groups excluding carboxylic acids is 1. The average molecular weight is 473 g/mol. The van der Waals surface area contributed by atoms with Gasteiger partial charge in [0, 0.05) is 43.1 Å². The van der Waals surface area contributed by atoms with Gasteiger partial charge >= 0.3 is 0 Å². The molecule has 1 aliphatic rings. The van der Waals surface area contributed by atoms with Crippen LogP contribution in [0.15, 0.2) is 40.9 Å². The molecule has 168 valence electrons. The van der Waals surface area contributed by atoms with Crippen LogP contribution >= 0.6 is 23.2 Å². The van der Waals surface area contributed by atoms with Crippen LogP contribution in [-0.4, -0.2) is 48.7 Å². The summed E-state index contributed by atoms with van der Waals surface area (Å²) in [6.45, 7) is 11.1. The van der Waals surface area contributed by atoms with E-state index >= 15 is 0 Å². The molecular weight excluding hydrogens is 447 g/mol. The van der Waals surface area contributed by atoms with Crippen LogP contribution in [-0.2, 0) is 0 Å². The molecule has 1 aliphatic heterocycles. The summed E-state index contributed by atoms with van der Waals surface area (Å²) in [6.07, 6.45) is 0. The smallest absolute Gasteiger partial charge is 0.261 e. The first-order chi connectivity index (χ1) is 15.4. The highest BCUT2D eigenvalue weighted by Crippen LogP contribution is 2.37. The summed E-state index contributed by atoms with van der Waals surface area (Å²) in [4.78, 5) is 18.0. The number of aromatic nitrogens is 1. The largest absolute Gasteiger partial charge is 0.369 e. The third kappa shape index (κ3) is 4.49. The number of anilines is 2. The maximum atomic E-state index is 13.2. The Balaban J connectivity index is 1.56. The summed E-state index contributed by atoms with van der Waals surface area (Å²) in [5, 5.41) is 7.87. The van der Waals surface area contributed by atoms with Crippen molar-refractivity contribution in [2.24, 2.45) is 0 Å². The first-order valence-electron chi connectivity index (χ1n) is 10.7. The van der Waals surface area contributed by atoms with E-state index < -0.39 is 0 Å². The second-order valence-corrected chi connectivity index (χ2v) is 8.75. The molecule has 0 atom stereocenters. The van der Waals surface area contributed by atoms with Crippen molar-refractivity contribution >= 4 is 40.5 Å². The van der Waals surface area contributed by atoms with Gasteiger partial charge in [0.15, 0.2) is 0 Å². The molecule has 1 fully saturated rings. The number of hydrogen-bond acceptors (Lipinski definition) is 5. The Kier molecular flexibility index (Phi) is 6.74. The SMILES string of the molecule is CCN1CCN(c2ccc(NC(=O)c3c(-c4c(Cl)cccc4Cl)noc3C)c(C)c2)CC1. The minimum absolute atomic E-state index is 0.317. The highest BCUT2D eigenvalue weighted by Gasteiger charge is 2.25. The van der Waals surface area contributed by atoms with Crippen molar-refractivity contribution in [1.29, 1.82) is 0 Å². The third-order valence-electron chi connectivity index (χ3n) is 5.93. The molecule has 8 heteroatoms. The van der Waals surface area contributed by atoms with Gasteiger partial charge in [-0.3, -0.25) is 4.79 Å². The predicted molar refractivity (Wildman–Crippen MR) is 130 cm³/mol. The lowest BCUT2D eigenvalue weighted by molar-refractivity contribution is 0.102. The van der Waals surface area contributed by atoms with Crippen molar-refractivity contribution in [3.8, 4) is 11.3 Å². The zero-order chi connectivity index (χ0) is 22.8. The molecule has 1 amide bonds. The minimum atomic E-state index is -0.317. The molecule has 1 saturated heterocycles. The van der Waals surface area contributed by atoms with E-state index in [9.17, 15) is 4.79 Å². The fourth-order valence-corrected chi connectivity index (χ4v) is 4.60. The molecule has 32 heavy (non-hydrogen) atoms. The normalized spacial score (nSPS) is 14.6. The molecule has 4 rings (SSSR count). The van der Waals surface area contributed by atoms with Crippen LogP contribution in [0.5, 0.6) is 0 Å². The Bertz CT molecular complexity index is 1120. The van der Waals surface area contributed by atoms with Crippen molar-refractivity contribution in [2.75, 3.05) is 42.9 Å². The third-order valence-corrected chi connectivity index (χ3v) is 6.56. The molecular formula is C24H26Cl2N4O2. The molecule has 0 unspecified atom stereocenters. The molecule has 3 aromatic rings. The van der Waals surface area contributed by atoms with E-state index in [0.29, 0.717) is 32.6 Å². The maximum Gasteiger partial charge on any atom is 0.261 e. The number of nitrogens with zero attached hydrogens (tertiary/aromatic N) is 3. The van der Waals surface area contributed by atoms with Crippen LogP contribution in [0, 0.1) is 13.8 Å². The zero-order valence-electron chi connectivity index (χ0n) is 18.4. The van der Waals surface area contributed by atoms with Crippen LogP contribution < -0.4 is 10.2 Å². The predicted octanol–water partition coefficient (Wildman–Crippen LogP) is 5.66. The number of hydrogen-bond donors (Lipinski definition) is 1.